The van der Waals surface area contributed by atoms with Crippen molar-refractivity contribution in [2.45, 2.75) is 106 Å². The molecule has 14 nitrogen and oxygen atoms in total. The third-order valence-corrected chi connectivity index (χ3v) is 6.32. The zero-order valence-corrected chi connectivity index (χ0v) is 18.1. The van der Waals surface area contributed by atoms with Gasteiger partial charge in [-0.1, -0.05) is 0 Å². The summed E-state index contributed by atoms with van der Waals surface area (Å²) < 4.78 is 27.3. The number of aliphatic hydroxyl groups excluding tert-OH is 9. The maximum atomic E-state index is 10.8. The summed E-state index contributed by atoms with van der Waals surface area (Å²) in [6, 6.07) is 0. The van der Waals surface area contributed by atoms with E-state index in [0.717, 1.165) is 0 Å². The summed E-state index contributed by atoms with van der Waals surface area (Å²) in [4.78, 5) is 0. The topological polar surface area (TPSA) is 228 Å². The summed E-state index contributed by atoms with van der Waals surface area (Å²) >= 11 is 0. The van der Waals surface area contributed by atoms with Crippen LogP contribution in [0.15, 0.2) is 0 Å². The van der Waals surface area contributed by atoms with Crippen molar-refractivity contribution in [3.63, 3.8) is 0 Å². The maximum Gasteiger partial charge on any atom is 0.187 e. The van der Waals surface area contributed by atoms with Crippen molar-refractivity contribution in [2.75, 3.05) is 13.2 Å². The highest BCUT2D eigenvalue weighted by atomic mass is 16.7. The second kappa shape index (κ2) is 11.0. The molecule has 33 heavy (non-hydrogen) atoms. The minimum absolute atomic E-state index is 0.589. The highest BCUT2D eigenvalue weighted by Crippen LogP contribution is 2.32. The van der Waals surface area contributed by atoms with E-state index in [-0.39, 0.29) is 0 Å². The second-order valence-electron chi connectivity index (χ2n) is 8.63. The van der Waals surface area contributed by atoms with Crippen LogP contribution < -0.4 is 0 Å². The summed E-state index contributed by atoms with van der Waals surface area (Å²) in [5.74, 6) is 0. The van der Waals surface area contributed by atoms with Crippen molar-refractivity contribution >= 4 is 0 Å². The summed E-state index contributed by atoms with van der Waals surface area (Å²) in [7, 11) is 0. The van der Waals surface area contributed by atoms with E-state index in [1.807, 2.05) is 0 Å². The molecule has 3 aliphatic rings. The van der Waals surface area contributed by atoms with Crippen molar-refractivity contribution in [3.05, 3.63) is 0 Å². The summed E-state index contributed by atoms with van der Waals surface area (Å²) in [6.07, 6.45) is -21.4. The first-order valence-corrected chi connectivity index (χ1v) is 10.8. The van der Waals surface area contributed by atoms with Gasteiger partial charge < -0.3 is 69.6 Å². The van der Waals surface area contributed by atoms with E-state index in [0.29, 0.717) is 0 Å². The molecule has 14 heteroatoms. The van der Waals surface area contributed by atoms with Crippen molar-refractivity contribution in [1.82, 2.24) is 0 Å². The van der Waals surface area contributed by atoms with E-state index in [1.54, 1.807) is 0 Å². The fraction of sp³-hybridized carbons (Fsp3) is 1.00. The molecule has 9 N–H and O–H groups in total. The number of rotatable bonds is 6. The van der Waals surface area contributed by atoms with Crippen LogP contribution in [0.4, 0.5) is 0 Å². The minimum Gasteiger partial charge on any atom is -0.394 e. The molecule has 3 rings (SSSR count). The van der Waals surface area contributed by atoms with E-state index in [9.17, 15) is 46.0 Å². The Bertz CT molecular complexity index is 623. The lowest BCUT2D eigenvalue weighted by Crippen LogP contribution is -2.66. The monoisotopic (exact) mass is 486 g/mol. The van der Waals surface area contributed by atoms with Gasteiger partial charge in [-0.15, -0.1) is 0 Å². The van der Waals surface area contributed by atoms with Gasteiger partial charge in [-0.05, 0) is 13.8 Å². The first-order valence-electron chi connectivity index (χ1n) is 10.8. The minimum atomic E-state index is -1.78. The van der Waals surface area contributed by atoms with E-state index >= 15 is 0 Å². The van der Waals surface area contributed by atoms with Gasteiger partial charge in [0.25, 0.3) is 0 Å². The Kier molecular flexibility index (Phi) is 9.02. The van der Waals surface area contributed by atoms with Crippen LogP contribution >= 0.6 is 0 Å². The molecule has 0 bridgehead atoms. The van der Waals surface area contributed by atoms with Crippen molar-refractivity contribution < 1.29 is 69.6 Å². The average Bonchev–Trinajstić information content (AvgIpc) is 2.79. The van der Waals surface area contributed by atoms with Crippen LogP contribution in [0, 0.1) is 0 Å². The zero-order chi connectivity index (χ0) is 24.6. The van der Waals surface area contributed by atoms with Crippen LogP contribution in [0.1, 0.15) is 13.8 Å². The molecule has 0 aromatic heterocycles. The van der Waals surface area contributed by atoms with Gasteiger partial charge in [0.1, 0.15) is 67.1 Å². The molecule has 194 valence electrons. The molecule has 0 aromatic carbocycles. The molecule has 0 amide bonds. The quantitative estimate of drug-likeness (QED) is 0.171. The standard InChI is InChI=1S/C19H34O14/c1-5-10(23)13(26)16(8(4-21)29-5)32-19-15(28)17(11(24)7(3-20)31-19)33-18-14(27)12(25)9(22)6(2)30-18/h5-28H,3-4H2,1-2H3/t5-,6?,7?,8?,9+,10?,11-,12+,13-,14?,15?,16-,17+,18+,19+/m1/s1. The number of ether oxygens (including phenoxy) is 5. The highest BCUT2D eigenvalue weighted by molar-refractivity contribution is 4.96. The molecule has 6 unspecified atom stereocenters. The molecule has 3 aliphatic heterocycles. The normalized spacial score (nSPS) is 53.7. The molecule has 3 fully saturated rings. The van der Waals surface area contributed by atoms with Crippen molar-refractivity contribution in [3.8, 4) is 0 Å². The lowest BCUT2D eigenvalue weighted by molar-refractivity contribution is -0.372. The molecule has 15 atom stereocenters. The molecule has 0 saturated carbocycles. The lowest BCUT2D eigenvalue weighted by atomic mass is 9.94. The maximum absolute atomic E-state index is 10.8. The van der Waals surface area contributed by atoms with Crippen LogP contribution in [0.3, 0.4) is 0 Å². The van der Waals surface area contributed by atoms with Gasteiger partial charge in [0.15, 0.2) is 12.6 Å². The summed E-state index contributed by atoms with van der Waals surface area (Å²) in [5.41, 5.74) is 0. The van der Waals surface area contributed by atoms with Crippen LogP contribution in [-0.2, 0) is 23.7 Å². The summed E-state index contributed by atoms with van der Waals surface area (Å²) in [5, 5.41) is 91.0. The summed E-state index contributed by atoms with van der Waals surface area (Å²) in [6.45, 7) is 1.59. The second-order valence-corrected chi connectivity index (χ2v) is 8.63. The van der Waals surface area contributed by atoms with Gasteiger partial charge in [0, 0.05) is 0 Å². The number of hydrogen-bond donors (Lipinski definition) is 9. The SMILES string of the molecule is CC1O[C@@H](O[C@@H]2C(O)[C@H](O[C@@H]3C(CO)O[C@H](C)C(O)[C@H]3O)OC(CO)[C@H]2O)C(O)[C@@H](O)[C@H]1O. The molecular formula is C19H34O14. The first kappa shape index (κ1) is 27.0. The molecule has 3 saturated heterocycles. The molecule has 0 spiro atoms. The molecule has 0 aromatic rings. The number of hydrogen-bond acceptors (Lipinski definition) is 14. The number of aliphatic hydroxyl groups is 9. The highest BCUT2D eigenvalue weighted by Gasteiger charge is 2.52. The fourth-order valence-electron chi connectivity index (χ4n) is 4.20. The van der Waals surface area contributed by atoms with Gasteiger partial charge in [-0.25, -0.2) is 0 Å². The van der Waals surface area contributed by atoms with Crippen LogP contribution in [0.25, 0.3) is 0 Å². The Hall–Kier alpha value is -0.560. The van der Waals surface area contributed by atoms with Gasteiger partial charge >= 0.3 is 0 Å². The van der Waals surface area contributed by atoms with Crippen LogP contribution in [0.2, 0.25) is 0 Å². The third kappa shape index (κ3) is 5.34. The van der Waals surface area contributed by atoms with E-state index in [1.165, 1.54) is 13.8 Å². The molecular weight excluding hydrogens is 452 g/mol. The lowest BCUT2D eigenvalue weighted by Gasteiger charge is -2.48. The predicted molar refractivity (Wildman–Crippen MR) is 103 cm³/mol. The van der Waals surface area contributed by atoms with Crippen LogP contribution in [0.5, 0.6) is 0 Å². The Balaban J connectivity index is 1.77. The fourth-order valence-corrected chi connectivity index (χ4v) is 4.20. The van der Waals surface area contributed by atoms with Gasteiger partial charge in [0.05, 0.1) is 25.4 Å². The van der Waals surface area contributed by atoms with Gasteiger partial charge in [0.2, 0.25) is 0 Å². The Morgan fingerprint density at radius 1 is 0.515 bits per heavy atom. The van der Waals surface area contributed by atoms with E-state index in [2.05, 4.69) is 0 Å². The molecule has 0 aliphatic carbocycles. The van der Waals surface area contributed by atoms with Crippen molar-refractivity contribution in [1.29, 1.82) is 0 Å². The van der Waals surface area contributed by atoms with E-state index in [4.69, 9.17) is 23.7 Å². The Morgan fingerprint density at radius 2 is 1.03 bits per heavy atom. The molecule has 3 heterocycles. The van der Waals surface area contributed by atoms with Crippen LogP contribution in [-0.4, -0.2) is 151 Å². The Labute approximate surface area is 189 Å². The third-order valence-electron chi connectivity index (χ3n) is 6.32. The smallest absolute Gasteiger partial charge is 0.187 e. The zero-order valence-electron chi connectivity index (χ0n) is 18.1. The average molecular weight is 486 g/mol. The van der Waals surface area contributed by atoms with Gasteiger partial charge in [-0.2, -0.15) is 0 Å². The van der Waals surface area contributed by atoms with E-state index < -0.39 is 105 Å². The largest absolute Gasteiger partial charge is 0.394 e. The van der Waals surface area contributed by atoms with Crippen molar-refractivity contribution in [2.24, 2.45) is 0 Å². The molecule has 0 radical (unpaired) electrons. The Morgan fingerprint density at radius 3 is 1.64 bits per heavy atom. The predicted octanol–water partition coefficient (Wildman–Crippen LogP) is -5.48. The van der Waals surface area contributed by atoms with Gasteiger partial charge in [-0.3, -0.25) is 0 Å². The first-order chi connectivity index (χ1) is 15.5.